The lowest BCUT2D eigenvalue weighted by atomic mass is 9.93. The van der Waals surface area contributed by atoms with Crippen LogP contribution in [0.3, 0.4) is 0 Å². The van der Waals surface area contributed by atoms with Crippen LogP contribution in [0, 0.1) is 5.92 Å². The van der Waals surface area contributed by atoms with Gasteiger partial charge in [-0.3, -0.25) is 0 Å². The molecule has 7 nitrogen and oxygen atoms in total. The van der Waals surface area contributed by atoms with E-state index in [4.69, 9.17) is 0 Å². The topological polar surface area (TPSA) is 86.8 Å². The van der Waals surface area contributed by atoms with Gasteiger partial charge in [0.15, 0.2) is 0 Å². The van der Waals surface area contributed by atoms with Crippen molar-refractivity contribution in [3.8, 4) is 0 Å². The first kappa shape index (κ1) is 19.3. The molecule has 27 heavy (non-hydrogen) atoms. The van der Waals surface area contributed by atoms with Gasteiger partial charge in [-0.2, -0.15) is 4.31 Å². The highest BCUT2D eigenvalue weighted by Gasteiger charge is 2.36. The molecule has 0 spiro atoms. The Morgan fingerprint density at radius 3 is 2.41 bits per heavy atom. The summed E-state index contributed by atoms with van der Waals surface area (Å²) < 4.78 is 55.8. The maximum atomic E-state index is 13.0. The van der Waals surface area contributed by atoms with Gasteiger partial charge in [-0.1, -0.05) is 18.9 Å². The average Bonchev–Trinajstić information content (AvgIpc) is 3.16. The second-order valence-electron chi connectivity index (χ2n) is 7.95. The molecule has 1 aliphatic carbocycles. The van der Waals surface area contributed by atoms with Gasteiger partial charge in [-0.15, -0.1) is 0 Å². The maximum Gasteiger partial charge on any atom is 0.243 e. The fourth-order valence-corrected chi connectivity index (χ4v) is 7.56. The number of hydrogen-bond donors (Lipinski definition) is 1. The van der Waals surface area contributed by atoms with Crippen molar-refractivity contribution in [2.24, 2.45) is 5.92 Å². The monoisotopic (exact) mass is 413 g/mol. The van der Waals surface area contributed by atoms with E-state index in [0.29, 0.717) is 38.5 Å². The molecule has 0 radical (unpaired) electrons. The standard InChI is InChI=1S/C18H27N3O4S2/c1-20-8-10-21(11-9-20)27(24,25)16-7-6-15-12-17(14-4-2-3-5-14)19-26(22,23)18(15)13-16/h6-7,13-14,17,19H,2-5,8-12H2,1H3/t17-/m1/s1. The van der Waals surface area contributed by atoms with E-state index in [2.05, 4.69) is 9.62 Å². The molecule has 1 saturated heterocycles. The highest BCUT2D eigenvalue weighted by molar-refractivity contribution is 7.90. The summed E-state index contributed by atoms with van der Waals surface area (Å²) in [6, 6.07) is 4.53. The molecular weight excluding hydrogens is 386 g/mol. The Morgan fingerprint density at radius 2 is 1.74 bits per heavy atom. The molecule has 9 heteroatoms. The first-order valence-electron chi connectivity index (χ1n) is 9.61. The summed E-state index contributed by atoms with van der Waals surface area (Å²) in [5.41, 5.74) is 0.725. The quantitative estimate of drug-likeness (QED) is 0.799. The molecule has 150 valence electrons. The molecule has 2 heterocycles. The predicted octanol–water partition coefficient (Wildman–Crippen LogP) is 1.02. The smallest absolute Gasteiger partial charge is 0.243 e. The Bertz CT molecular complexity index is 916. The van der Waals surface area contributed by atoms with Crippen molar-refractivity contribution in [2.45, 2.75) is 47.9 Å². The van der Waals surface area contributed by atoms with Gasteiger partial charge < -0.3 is 4.90 Å². The van der Waals surface area contributed by atoms with Crippen molar-refractivity contribution in [1.29, 1.82) is 0 Å². The second-order valence-corrected chi connectivity index (χ2v) is 11.6. The van der Waals surface area contributed by atoms with Crippen LogP contribution in [0.5, 0.6) is 0 Å². The number of likely N-dealkylation sites (N-methyl/N-ethyl adjacent to an activating group) is 1. The number of rotatable bonds is 3. The fourth-order valence-electron chi connectivity index (χ4n) is 4.46. The lowest BCUT2D eigenvalue weighted by molar-refractivity contribution is 0.222. The van der Waals surface area contributed by atoms with E-state index in [-0.39, 0.29) is 15.8 Å². The van der Waals surface area contributed by atoms with Gasteiger partial charge in [0.05, 0.1) is 9.79 Å². The molecule has 1 N–H and O–H groups in total. The van der Waals surface area contributed by atoms with E-state index in [0.717, 1.165) is 31.2 Å². The third-order valence-electron chi connectivity index (χ3n) is 6.14. The SMILES string of the molecule is CN1CCN(S(=O)(=O)c2ccc3c(c2)S(=O)(=O)N[C@@H](C2CCCC2)C3)CC1. The van der Waals surface area contributed by atoms with Crippen molar-refractivity contribution < 1.29 is 16.8 Å². The molecule has 0 aromatic heterocycles. The first-order valence-corrected chi connectivity index (χ1v) is 12.5. The maximum absolute atomic E-state index is 13.0. The molecule has 1 aromatic rings. The van der Waals surface area contributed by atoms with Crippen LogP contribution in [-0.2, 0) is 26.5 Å². The van der Waals surface area contributed by atoms with Crippen LogP contribution in [0.4, 0.5) is 0 Å². The zero-order chi connectivity index (χ0) is 19.2. The third-order valence-corrected chi connectivity index (χ3v) is 9.61. The summed E-state index contributed by atoms with van der Waals surface area (Å²) in [4.78, 5) is 2.26. The molecule has 1 aromatic carbocycles. The van der Waals surface area contributed by atoms with Crippen LogP contribution in [0.15, 0.2) is 28.0 Å². The fraction of sp³-hybridized carbons (Fsp3) is 0.667. The molecule has 2 fully saturated rings. The van der Waals surface area contributed by atoms with E-state index in [1.165, 1.54) is 10.4 Å². The Labute approximate surface area is 161 Å². The number of benzene rings is 1. The predicted molar refractivity (Wildman–Crippen MR) is 102 cm³/mol. The summed E-state index contributed by atoms with van der Waals surface area (Å²) in [5.74, 6) is 0.377. The number of fused-ring (bicyclic) bond motifs is 1. The molecule has 0 amide bonds. The molecule has 1 atom stereocenters. The van der Waals surface area contributed by atoms with Crippen LogP contribution in [0.1, 0.15) is 31.2 Å². The van der Waals surface area contributed by atoms with Gasteiger partial charge in [0.25, 0.3) is 0 Å². The van der Waals surface area contributed by atoms with Crippen LogP contribution in [0.25, 0.3) is 0 Å². The van der Waals surface area contributed by atoms with Gasteiger partial charge in [-0.25, -0.2) is 21.6 Å². The van der Waals surface area contributed by atoms with Crippen molar-refractivity contribution in [3.05, 3.63) is 23.8 Å². The second kappa shape index (κ2) is 7.11. The Balaban J connectivity index is 1.64. The number of hydrogen-bond acceptors (Lipinski definition) is 5. The van der Waals surface area contributed by atoms with E-state index in [1.807, 2.05) is 7.05 Å². The molecular formula is C18H27N3O4S2. The average molecular weight is 414 g/mol. The van der Waals surface area contributed by atoms with Gasteiger partial charge in [-0.05, 0) is 49.9 Å². The summed E-state index contributed by atoms with van der Waals surface area (Å²) >= 11 is 0. The zero-order valence-electron chi connectivity index (χ0n) is 15.6. The van der Waals surface area contributed by atoms with E-state index in [9.17, 15) is 16.8 Å². The van der Waals surface area contributed by atoms with E-state index in [1.54, 1.807) is 12.1 Å². The lowest BCUT2D eigenvalue weighted by Crippen LogP contribution is -2.47. The third kappa shape index (κ3) is 3.67. The van der Waals surface area contributed by atoms with Gasteiger partial charge in [0.1, 0.15) is 0 Å². The summed E-state index contributed by atoms with van der Waals surface area (Å²) in [7, 11) is -5.42. The lowest BCUT2D eigenvalue weighted by Gasteiger charge is -2.32. The van der Waals surface area contributed by atoms with Crippen molar-refractivity contribution in [1.82, 2.24) is 13.9 Å². The van der Waals surface area contributed by atoms with Crippen molar-refractivity contribution in [3.63, 3.8) is 0 Å². The normalized spacial score (nSPS) is 27.5. The molecule has 4 rings (SSSR count). The summed E-state index contributed by atoms with van der Waals surface area (Å²) in [6.45, 7) is 2.19. The highest BCUT2D eigenvalue weighted by atomic mass is 32.2. The van der Waals surface area contributed by atoms with Crippen LogP contribution < -0.4 is 4.72 Å². The number of nitrogens with zero attached hydrogens (tertiary/aromatic N) is 2. The minimum atomic E-state index is -3.69. The zero-order valence-corrected chi connectivity index (χ0v) is 17.2. The van der Waals surface area contributed by atoms with Gasteiger partial charge in [0, 0.05) is 32.2 Å². The Kier molecular flexibility index (Phi) is 5.09. The van der Waals surface area contributed by atoms with Crippen LogP contribution >= 0.6 is 0 Å². The highest BCUT2D eigenvalue weighted by Crippen LogP contribution is 2.34. The largest absolute Gasteiger partial charge is 0.304 e. The van der Waals surface area contributed by atoms with Crippen molar-refractivity contribution in [2.75, 3.05) is 33.2 Å². The van der Waals surface area contributed by atoms with Crippen LogP contribution in [-0.4, -0.2) is 65.3 Å². The summed E-state index contributed by atoms with van der Waals surface area (Å²) in [6.07, 6.45) is 5.04. The van der Waals surface area contributed by atoms with Crippen LogP contribution in [0.2, 0.25) is 0 Å². The number of sulfonamides is 2. The molecule has 1 saturated carbocycles. The molecule has 0 bridgehead atoms. The van der Waals surface area contributed by atoms with Gasteiger partial charge >= 0.3 is 0 Å². The minimum Gasteiger partial charge on any atom is -0.304 e. The van der Waals surface area contributed by atoms with Crippen molar-refractivity contribution >= 4 is 20.0 Å². The molecule has 0 unspecified atom stereocenters. The number of nitrogens with one attached hydrogen (secondary N) is 1. The number of piperazine rings is 1. The minimum absolute atomic E-state index is 0.0653. The summed E-state index contributed by atoms with van der Waals surface area (Å²) in [5, 5.41) is 0. The van der Waals surface area contributed by atoms with E-state index >= 15 is 0 Å². The Hall–Kier alpha value is -1.00. The molecule has 3 aliphatic rings. The Morgan fingerprint density at radius 1 is 1.07 bits per heavy atom. The van der Waals surface area contributed by atoms with Gasteiger partial charge in [0.2, 0.25) is 20.0 Å². The first-order chi connectivity index (χ1) is 12.8. The molecule has 2 aliphatic heterocycles. The van der Waals surface area contributed by atoms with E-state index < -0.39 is 20.0 Å².